The van der Waals surface area contributed by atoms with Crippen LogP contribution in [0, 0.1) is 5.41 Å². The third kappa shape index (κ3) is 6.87. The monoisotopic (exact) mass is 871 g/mol. The van der Waals surface area contributed by atoms with Gasteiger partial charge in [0.1, 0.15) is 0 Å². The number of rotatable bonds is 10. The highest BCUT2D eigenvalue weighted by Gasteiger charge is 2.24. The van der Waals surface area contributed by atoms with Gasteiger partial charge in [0.25, 0.3) is 0 Å². The molecule has 0 unspecified atom stereocenters. The number of nitrogens with two attached hydrogens (primary N) is 1. The molecule has 0 aliphatic carbocycles. The Morgan fingerprint density at radius 3 is 1.82 bits per heavy atom. The SMILES string of the molecule is C=Cc1ccc(-c2c3ccccc3c(-c3ccc4ccccc4c3)c3cc(-c4ccc5c(c4)c(C(=N)/C(C)=C/C=C\N)c(C=C)n5-c4cc5ccccc5c5ccccc45)ccc23)cc1/C=C\C. The molecule has 3 heteroatoms. The van der Waals surface area contributed by atoms with Crippen LogP contribution in [0.25, 0.3) is 122 Å². The maximum Gasteiger partial charge on any atom is 0.0669 e. The number of hydrogen-bond donors (Lipinski definition) is 2. The summed E-state index contributed by atoms with van der Waals surface area (Å²) in [5.74, 6) is 0. The van der Waals surface area contributed by atoms with Gasteiger partial charge in [0, 0.05) is 16.3 Å². The molecular formula is C65H49N3. The first-order valence-electron chi connectivity index (χ1n) is 23.1. The molecule has 0 amide bonds. The van der Waals surface area contributed by atoms with Crippen molar-refractivity contribution in [2.45, 2.75) is 13.8 Å². The molecule has 10 aromatic carbocycles. The maximum absolute atomic E-state index is 9.81. The van der Waals surface area contributed by atoms with Gasteiger partial charge in [-0.15, -0.1) is 0 Å². The van der Waals surface area contributed by atoms with Crippen molar-refractivity contribution in [3.8, 4) is 39.1 Å². The fraction of sp³-hybridized carbons (Fsp3) is 0.0308. The van der Waals surface area contributed by atoms with Crippen molar-refractivity contribution in [3.63, 3.8) is 0 Å². The van der Waals surface area contributed by atoms with Crippen molar-refractivity contribution >= 4 is 88.7 Å². The van der Waals surface area contributed by atoms with E-state index in [1.54, 1.807) is 6.08 Å². The molecule has 0 aliphatic heterocycles. The number of fused-ring (bicyclic) bond motifs is 7. The molecule has 0 saturated heterocycles. The molecule has 0 aliphatic rings. The van der Waals surface area contributed by atoms with Gasteiger partial charge in [0.05, 0.1) is 22.6 Å². The van der Waals surface area contributed by atoms with Crippen molar-refractivity contribution in [3.05, 3.63) is 241 Å². The van der Waals surface area contributed by atoms with E-state index in [2.05, 4.69) is 213 Å². The molecule has 0 saturated carbocycles. The third-order valence-electron chi connectivity index (χ3n) is 13.6. The highest BCUT2D eigenvalue weighted by molar-refractivity contribution is 6.24. The van der Waals surface area contributed by atoms with Gasteiger partial charge >= 0.3 is 0 Å². The Hall–Kier alpha value is -8.79. The second-order valence-corrected chi connectivity index (χ2v) is 17.5. The van der Waals surface area contributed by atoms with Gasteiger partial charge in [-0.2, -0.15) is 0 Å². The summed E-state index contributed by atoms with van der Waals surface area (Å²) in [5.41, 5.74) is 19.8. The Bertz CT molecular complexity index is 4000. The number of hydrogen-bond acceptors (Lipinski definition) is 2. The summed E-state index contributed by atoms with van der Waals surface area (Å²) in [4.78, 5) is 0. The zero-order chi connectivity index (χ0) is 46.5. The topological polar surface area (TPSA) is 54.8 Å². The zero-order valence-corrected chi connectivity index (χ0v) is 38.2. The predicted octanol–water partition coefficient (Wildman–Crippen LogP) is 17.5. The minimum atomic E-state index is 0.414. The number of aromatic nitrogens is 1. The quantitative estimate of drug-likeness (QED) is 0.0612. The molecule has 324 valence electrons. The summed E-state index contributed by atoms with van der Waals surface area (Å²) < 4.78 is 2.30. The Morgan fingerprint density at radius 1 is 0.515 bits per heavy atom. The lowest BCUT2D eigenvalue weighted by Crippen LogP contribution is -2.05. The van der Waals surface area contributed by atoms with E-state index in [0.29, 0.717) is 5.71 Å². The largest absolute Gasteiger partial charge is 0.405 e. The normalized spacial score (nSPS) is 12.2. The van der Waals surface area contributed by atoms with E-state index in [-0.39, 0.29) is 0 Å². The van der Waals surface area contributed by atoms with Crippen molar-refractivity contribution in [1.29, 1.82) is 5.41 Å². The van der Waals surface area contributed by atoms with Crippen LogP contribution in [0.5, 0.6) is 0 Å². The van der Waals surface area contributed by atoms with Crippen molar-refractivity contribution in [2.75, 3.05) is 0 Å². The van der Waals surface area contributed by atoms with E-state index in [1.807, 2.05) is 25.2 Å². The number of nitrogens with one attached hydrogen (secondary N) is 1. The molecule has 0 fully saturated rings. The van der Waals surface area contributed by atoms with Crippen LogP contribution < -0.4 is 5.73 Å². The lowest BCUT2D eigenvalue weighted by Gasteiger charge is -2.19. The van der Waals surface area contributed by atoms with Crippen LogP contribution in [0.4, 0.5) is 0 Å². The molecule has 11 rings (SSSR count). The van der Waals surface area contributed by atoms with Crippen LogP contribution >= 0.6 is 0 Å². The van der Waals surface area contributed by atoms with Crippen LogP contribution in [0.1, 0.15) is 36.2 Å². The van der Waals surface area contributed by atoms with E-state index >= 15 is 0 Å². The highest BCUT2D eigenvalue weighted by atomic mass is 15.0. The van der Waals surface area contributed by atoms with Crippen LogP contribution in [0.2, 0.25) is 0 Å². The molecule has 0 spiro atoms. The van der Waals surface area contributed by atoms with Crippen LogP contribution in [-0.2, 0) is 0 Å². The van der Waals surface area contributed by atoms with E-state index in [0.717, 1.165) is 72.0 Å². The molecular weight excluding hydrogens is 823 g/mol. The number of nitrogens with zero attached hydrogens (tertiary/aromatic N) is 1. The molecule has 3 nitrogen and oxygen atoms in total. The van der Waals surface area contributed by atoms with Gasteiger partial charge in [-0.05, 0) is 167 Å². The Balaban J connectivity index is 1.21. The molecule has 1 aromatic heterocycles. The Kier molecular flexibility index (Phi) is 10.6. The Labute approximate surface area is 396 Å². The van der Waals surface area contributed by atoms with Gasteiger partial charge in [-0.25, -0.2) is 0 Å². The van der Waals surface area contributed by atoms with E-state index in [9.17, 15) is 5.41 Å². The smallest absolute Gasteiger partial charge is 0.0669 e. The summed E-state index contributed by atoms with van der Waals surface area (Å²) in [6.07, 6.45) is 13.3. The summed E-state index contributed by atoms with van der Waals surface area (Å²) in [5, 5.41) is 22.6. The maximum atomic E-state index is 9.81. The van der Waals surface area contributed by atoms with Gasteiger partial charge in [-0.3, -0.25) is 5.41 Å². The molecule has 1 heterocycles. The molecule has 0 radical (unpaired) electrons. The standard InChI is InChI=1S/C65H49N3/c1-5-17-44-36-49(29-27-42(44)6-2)62-54-25-14-15-26-55(54)63(50-30-28-43-19-8-9-20-45(43)37-50)57-38-46(31-33-56(57)62)47-32-34-60-58(39-47)64(65(67)41(4)18-16-35-66)59(7-3)68(60)61-40-48-21-10-11-22-51(48)52-23-12-13-24-53(52)61/h5-40,67H,2-3,66H2,1,4H3/b17-5-,35-16-,41-18+,67-65?. The summed E-state index contributed by atoms with van der Waals surface area (Å²) in [7, 11) is 0. The number of allylic oxidation sites excluding steroid dienone is 4. The van der Waals surface area contributed by atoms with Gasteiger partial charge in [0.15, 0.2) is 0 Å². The lowest BCUT2D eigenvalue weighted by molar-refractivity contribution is 1.12. The van der Waals surface area contributed by atoms with Gasteiger partial charge in [-0.1, -0.05) is 177 Å². The molecule has 68 heavy (non-hydrogen) atoms. The average molecular weight is 872 g/mol. The summed E-state index contributed by atoms with van der Waals surface area (Å²) in [6.45, 7) is 12.5. The minimum Gasteiger partial charge on any atom is -0.405 e. The van der Waals surface area contributed by atoms with Crippen molar-refractivity contribution in [2.24, 2.45) is 5.73 Å². The first-order valence-corrected chi connectivity index (χ1v) is 23.1. The second-order valence-electron chi connectivity index (χ2n) is 17.5. The Morgan fingerprint density at radius 2 is 1.10 bits per heavy atom. The second kappa shape index (κ2) is 17.2. The third-order valence-corrected chi connectivity index (χ3v) is 13.6. The van der Waals surface area contributed by atoms with Gasteiger partial charge in [0.2, 0.25) is 0 Å². The van der Waals surface area contributed by atoms with E-state index < -0.39 is 0 Å². The zero-order valence-electron chi connectivity index (χ0n) is 38.2. The first-order chi connectivity index (χ1) is 33.4. The fourth-order valence-corrected chi connectivity index (χ4v) is 10.5. The van der Waals surface area contributed by atoms with Crippen LogP contribution in [0.15, 0.2) is 219 Å². The average Bonchev–Trinajstić information content (AvgIpc) is 3.72. The highest BCUT2D eigenvalue weighted by Crippen LogP contribution is 2.47. The molecule has 11 aromatic rings. The van der Waals surface area contributed by atoms with Gasteiger partial charge < -0.3 is 10.3 Å². The summed E-state index contributed by atoms with van der Waals surface area (Å²) in [6, 6.07) is 64.1. The first kappa shape index (κ1) is 41.9. The molecule has 0 bridgehead atoms. The molecule has 3 N–H and O–H groups in total. The molecule has 0 atom stereocenters. The number of benzene rings is 10. The van der Waals surface area contributed by atoms with Crippen molar-refractivity contribution in [1.82, 2.24) is 4.57 Å². The fourth-order valence-electron chi connectivity index (χ4n) is 10.5. The minimum absolute atomic E-state index is 0.414. The van der Waals surface area contributed by atoms with Crippen LogP contribution in [0.3, 0.4) is 0 Å². The van der Waals surface area contributed by atoms with E-state index in [4.69, 9.17) is 5.73 Å². The lowest BCUT2D eigenvalue weighted by atomic mass is 9.84. The predicted molar refractivity (Wildman–Crippen MR) is 296 cm³/mol. The van der Waals surface area contributed by atoms with Crippen LogP contribution in [-0.4, -0.2) is 10.3 Å². The van der Waals surface area contributed by atoms with E-state index in [1.165, 1.54) is 66.0 Å². The summed E-state index contributed by atoms with van der Waals surface area (Å²) >= 11 is 0. The van der Waals surface area contributed by atoms with Crippen molar-refractivity contribution < 1.29 is 0 Å².